The van der Waals surface area contributed by atoms with Crippen molar-refractivity contribution in [2.24, 2.45) is 5.10 Å². The lowest BCUT2D eigenvalue weighted by atomic mass is 10.1. The van der Waals surface area contributed by atoms with Crippen LogP contribution in [0.25, 0.3) is 0 Å². The summed E-state index contributed by atoms with van der Waals surface area (Å²) in [5.41, 5.74) is 2.50. The van der Waals surface area contributed by atoms with Crippen LogP contribution in [0, 0.1) is 10.1 Å². The molecule has 0 radical (unpaired) electrons. The van der Waals surface area contributed by atoms with E-state index in [1.165, 1.54) is 56.4 Å². The first-order valence-corrected chi connectivity index (χ1v) is 7.71. The maximum absolute atomic E-state index is 11.8. The average molecular weight is 305 g/mol. The van der Waals surface area contributed by atoms with Crippen molar-refractivity contribution in [1.29, 1.82) is 0 Å². The van der Waals surface area contributed by atoms with Crippen LogP contribution in [0.4, 0.5) is 5.69 Å². The topological polar surface area (TPSA) is 84.6 Å². The van der Waals surface area contributed by atoms with E-state index in [1.54, 1.807) is 6.21 Å². The lowest BCUT2D eigenvalue weighted by Crippen LogP contribution is -2.17. The molecular weight excluding hydrogens is 282 g/mol. The molecule has 0 aliphatic carbocycles. The predicted octanol–water partition coefficient (Wildman–Crippen LogP) is 4.06. The number of nitrogens with one attached hydrogen (secondary N) is 1. The van der Waals surface area contributed by atoms with E-state index in [0.29, 0.717) is 0 Å². The molecule has 0 bridgehead atoms. The Bertz CT molecular complexity index is 515. The van der Waals surface area contributed by atoms with Gasteiger partial charge in [0.1, 0.15) is 0 Å². The minimum Gasteiger partial charge on any atom is -0.267 e. The van der Waals surface area contributed by atoms with Crippen molar-refractivity contribution in [2.75, 3.05) is 0 Å². The van der Waals surface area contributed by atoms with Gasteiger partial charge in [0.15, 0.2) is 0 Å². The summed E-state index contributed by atoms with van der Waals surface area (Å²) in [5, 5.41) is 14.5. The molecule has 0 aromatic heterocycles. The molecule has 0 fully saturated rings. The van der Waals surface area contributed by atoms with Crippen LogP contribution in [0.5, 0.6) is 0 Å². The highest BCUT2D eigenvalue weighted by atomic mass is 16.6. The first-order valence-electron chi connectivity index (χ1n) is 7.71. The van der Waals surface area contributed by atoms with E-state index in [-0.39, 0.29) is 11.3 Å². The van der Waals surface area contributed by atoms with Crippen LogP contribution < -0.4 is 5.43 Å². The minimum absolute atomic E-state index is 0.108. The van der Waals surface area contributed by atoms with Crippen molar-refractivity contribution in [3.8, 4) is 0 Å². The SMILES string of the molecule is CCCCCCCCC=NNC(=O)c1cccc([N+](=O)[O-])c1. The summed E-state index contributed by atoms with van der Waals surface area (Å²) in [6.07, 6.45) is 9.76. The molecule has 1 N–H and O–H groups in total. The van der Waals surface area contributed by atoms with Crippen molar-refractivity contribution < 1.29 is 9.72 Å². The summed E-state index contributed by atoms with van der Waals surface area (Å²) in [5.74, 6) is -0.442. The third kappa shape index (κ3) is 6.97. The zero-order valence-corrected chi connectivity index (χ0v) is 13.0. The van der Waals surface area contributed by atoms with Gasteiger partial charge in [0.05, 0.1) is 4.92 Å². The number of rotatable bonds is 10. The fraction of sp³-hybridized carbons (Fsp3) is 0.500. The zero-order valence-electron chi connectivity index (χ0n) is 13.0. The second kappa shape index (κ2) is 10.5. The van der Waals surface area contributed by atoms with E-state index in [2.05, 4.69) is 17.5 Å². The third-order valence-electron chi connectivity index (χ3n) is 3.26. The van der Waals surface area contributed by atoms with Crippen LogP contribution in [-0.2, 0) is 0 Å². The van der Waals surface area contributed by atoms with Gasteiger partial charge in [0.25, 0.3) is 11.6 Å². The Kier molecular flexibility index (Phi) is 8.49. The van der Waals surface area contributed by atoms with Gasteiger partial charge in [-0.3, -0.25) is 14.9 Å². The number of benzene rings is 1. The Morgan fingerprint density at radius 2 is 2.00 bits per heavy atom. The molecule has 0 saturated carbocycles. The van der Waals surface area contributed by atoms with E-state index in [1.807, 2.05) is 0 Å². The molecule has 0 aliphatic heterocycles. The Labute approximate surface area is 130 Å². The van der Waals surface area contributed by atoms with Gasteiger partial charge in [-0.05, 0) is 18.9 Å². The number of hydrogen-bond donors (Lipinski definition) is 1. The lowest BCUT2D eigenvalue weighted by Gasteiger charge is -2.00. The number of non-ortho nitro benzene ring substituents is 1. The van der Waals surface area contributed by atoms with Crippen LogP contribution in [-0.4, -0.2) is 17.0 Å². The average Bonchev–Trinajstić information content (AvgIpc) is 2.53. The molecule has 0 heterocycles. The van der Waals surface area contributed by atoms with E-state index in [4.69, 9.17) is 0 Å². The van der Waals surface area contributed by atoms with Crippen molar-refractivity contribution in [2.45, 2.75) is 51.9 Å². The van der Waals surface area contributed by atoms with Crippen LogP contribution in [0.3, 0.4) is 0 Å². The number of amides is 1. The molecular formula is C16H23N3O3. The fourth-order valence-electron chi connectivity index (χ4n) is 2.01. The molecule has 0 spiro atoms. The molecule has 1 rings (SSSR count). The van der Waals surface area contributed by atoms with E-state index >= 15 is 0 Å². The van der Waals surface area contributed by atoms with Crippen LogP contribution in [0.1, 0.15) is 62.2 Å². The highest BCUT2D eigenvalue weighted by Crippen LogP contribution is 2.12. The Hall–Kier alpha value is -2.24. The highest BCUT2D eigenvalue weighted by molar-refractivity contribution is 5.94. The maximum Gasteiger partial charge on any atom is 0.271 e. The standard InChI is InChI=1S/C16H23N3O3/c1-2-3-4-5-6-7-8-12-17-18-16(20)14-10-9-11-15(13-14)19(21)22/h9-13H,2-8H2,1H3,(H,18,20). The molecule has 1 aromatic rings. The van der Waals surface area contributed by atoms with Crippen LogP contribution in [0.15, 0.2) is 29.4 Å². The van der Waals surface area contributed by atoms with Crippen LogP contribution >= 0.6 is 0 Å². The zero-order chi connectivity index (χ0) is 16.2. The normalized spacial score (nSPS) is 10.8. The summed E-state index contributed by atoms with van der Waals surface area (Å²) in [6.45, 7) is 2.19. The van der Waals surface area contributed by atoms with Gasteiger partial charge >= 0.3 is 0 Å². The molecule has 0 atom stereocenters. The largest absolute Gasteiger partial charge is 0.271 e. The fourth-order valence-corrected chi connectivity index (χ4v) is 2.01. The first-order chi connectivity index (χ1) is 10.6. The second-order valence-electron chi connectivity index (χ2n) is 5.12. The minimum atomic E-state index is -0.529. The molecule has 0 saturated heterocycles. The third-order valence-corrected chi connectivity index (χ3v) is 3.26. The highest BCUT2D eigenvalue weighted by Gasteiger charge is 2.10. The number of unbranched alkanes of at least 4 members (excludes halogenated alkanes) is 6. The predicted molar refractivity (Wildman–Crippen MR) is 87.0 cm³/mol. The van der Waals surface area contributed by atoms with Gasteiger partial charge < -0.3 is 0 Å². The van der Waals surface area contributed by atoms with E-state index in [9.17, 15) is 14.9 Å². The molecule has 1 aromatic carbocycles. The number of carbonyl (C=O) groups is 1. The smallest absolute Gasteiger partial charge is 0.267 e. The number of nitrogens with zero attached hydrogens (tertiary/aromatic N) is 2. The Morgan fingerprint density at radius 1 is 1.27 bits per heavy atom. The van der Waals surface area contributed by atoms with Gasteiger partial charge in [0.2, 0.25) is 0 Å². The first kappa shape index (κ1) is 17.8. The summed E-state index contributed by atoms with van der Waals surface area (Å²) < 4.78 is 0. The number of nitro benzene ring substituents is 1. The van der Waals surface area contributed by atoms with Crippen LogP contribution in [0.2, 0.25) is 0 Å². The lowest BCUT2D eigenvalue weighted by molar-refractivity contribution is -0.384. The van der Waals surface area contributed by atoms with Gasteiger partial charge in [-0.2, -0.15) is 5.10 Å². The van der Waals surface area contributed by atoms with Crippen molar-refractivity contribution in [3.63, 3.8) is 0 Å². The number of hydrogen-bond acceptors (Lipinski definition) is 4. The molecule has 0 aliphatic rings. The van der Waals surface area contributed by atoms with Crippen molar-refractivity contribution >= 4 is 17.8 Å². The molecule has 0 unspecified atom stereocenters. The monoisotopic (exact) mass is 305 g/mol. The van der Waals surface area contributed by atoms with Gasteiger partial charge in [-0.1, -0.05) is 45.1 Å². The summed E-state index contributed by atoms with van der Waals surface area (Å²) in [7, 11) is 0. The summed E-state index contributed by atoms with van der Waals surface area (Å²) in [6, 6.07) is 5.58. The van der Waals surface area contributed by atoms with Crippen molar-refractivity contribution in [1.82, 2.24) is 5.43 Å². The second-order valence-corrected chi connectivity index (χ2v) is 5.12. The van der Waals surface area contributed by atoms with Gasteiger partial charge in [-0.25, -0.2) is 5.43 Å². The number of carbonyl (C=O) groups excluding carboxylic acids is 1. The van der Waals surface area contributed by atoms with Gasteiger partial charge in [0, 0.05) is 23.9 Å². The Balaban J connectivity index is 2.26. The molecule has 120 valence electrons. The number of nitro groups is 1. The summed E-state index contributed by atoms with van der Waals surface area (Å²) in [4.78, 5) is 21.9. The van der Waals surface area contributed by atoms with E-state index in [0.717, 1.165) is 12.8 Å². The van der Waals surface area contributed by atoms with E-state index < -0.39 is 10.8 Å². The summed E-state index contributed by atoms with van der Waals surface area (Å²) >= 11 is 0. The molecule has 6 nitrogen and oxygen atoms in total. The molecule has 6 heteroatoms. The Morgan fingerprint density at radius 3 is 2.73 bits per heavy atom. The molecule has 1 amide bonds. The number of hydrazone groups is 1. The van der Waals surface area contributed by atoms with Crippen molar-refractivity contribution in [3.05, 3.63) is 39.9 Å². The van der Waals surface area contributed by atoms with Gasteiger partial charge in [-0.15, -0.1) is 0 Å². The molecule has 22 heavy (non-hydrogen) atoms. The quantitative estimate of drug-likeness (QED) is 0.306. The maximum atomic E-state index is 11.8.